The van der Waals surface area contributed by atoms with Crippen LogP contribution in [0.25, 0.3) is 0 Å². The Morgan fingerprint density at radius 1 is 1.08 bits per heavy atom. The van der Waals surface area contributed by atoms with Crippen molar-refractivity contribution in [2.45, 2.75) is 0 Å². The summed E-state index contributed by atoms with van der Waals surface area (Å²) in [6.07, 6.45) is 0. The average Bonchev–Trinajstić information content (AvgIpc) is 2.11. The van der Waals surface area contributed by atoms with Crippen molar-refractivity contribution in [3.63, 3.8) is 0 Å². The van der Waals surface area contributed by atoms with Crippen LogP contribution in [0.5, 0.6) is 0 Å². The van der Waals surface area contributed by atoms with Gasteiger partial charge in [-0.2, -0.15) is 0 Å². The van der Waals surface area contributed by atoms with Crippen LogP contribution in [0.15, 0.2) is 0 Å². The van der Waals surface area contributed by atoms with Crippen molar-refractivity contribution in [3.05, 3.63) is 0 Å². The number of hydrogen-bond donors (Lipinski definition) is 3. The van der Waals surface area contributed by atoms with Gasteiger partial charge >= 0.3 is 7.82 Å². The fraction of sp³-hybridized carbons (Fsp3) is 1.00. The van der Waals surface area contributed by atoms with Crippen LogP contribution in [0.3, 0.4) is 0 Å². The molecule has 7 nitrogen and oxygen atoms in total. The summed E-state index contributed by atoms with van der Waals surface area (Å²) in [5.41, 5.74) is 10.2. The maximum Gasteiger partial charge on any atom is 0.491 e. The van der Waals surface area contributed by atoms with Gasteiger partial charge in [0.25, 0.3) is 0 Å². The number of nitrogens with two attached hydrogens (primary N) is 3. The van der Waals surface area contributed by atoms with Crippen molar-refractivity contribution >= 4 is 7.82 Å². The first kappa shape index (κ1) is 12.0. The maximum atomic E-state index is 11.2. The summed E-state index contributed by atoms with van der Waals surface area (Å²) in [5, 5.41) is 0. The van der Waals surface area contributed by atoms with Gasteiger partial charge in [-0.1, -0.05) is 0 Å². The zero-order valence-corrected chi connectivity index (χ0v) is 7.54. The second kappa shape index (κ2) is 6.50. The van der Waals surface area contributed by atoms with Gasteiger partial charge in [0, 0.05) is 13.1 Å². The molecular formula is C4H14N3O4P. The molecule has 0 saturated carbocycles. The number of rotatable bonds is 7. The van der Waals surface area contributed by atoms with Crippen LogP contribution in [0.2, 0.25) is 0 Å². The second-order valence-electron chi connectivity index (χ2n) is 1.80. The lowest BCUT2D eigenvalue weighted by atomic mass is 10.8. The summed E-state index contributed by atoms with van der Waals surface area (Å²) < 4.78 is 24.5. The molecule has 0 radical (unpaired) electrons. The zero-order valence-electron chi connectivity index (χ0n) is 6.64. The molecule has 0 saturated heterocycles. The molecule has 0 atom stereocenters. The van der Waals surface area contributed by atoms with Crippen LogP contribution in [-0.4, -0.2) is 26.3 Å². The van der Waals surface area contributed by atoms with E-state index in [-0.39, 0.29) is 26.3 Å². The summed E-state index contributed by atoms with van der Waals surface area (Å²) in [4.78, 5) is 0. The molecule has 0 spiro atoms. The van der Waals surface area contributed by atoms with Gasteiger partial charge in [0.05, 0.1) is 13.2 Å². The van der Waals surface area contributed by atoms with Crippen molar-refractivity contribution in [1.29, 1.82) is 0 Å². The molecule has 0 aliphatic carbocycles. The second-order valence-corrected chi connectivity index (χ2v) is 3.42. The van der Waals surface area contributed by atoms with Crippen molar-refractivity contribution in [2.24, 2.45) is 17.4 Å². The van der Waals surface area contributed by atoms with Crippen LogP contribution in [0.1, 0.15) is 0 Å². The first-order valence-corrected chi connectivity index (χ1v) is 4.82. The number of hydrogen-bond acceptors (Lipinski definition) is 7. The fourth-order valence-electron chi connectivity index (χ4n) is 0.427. The molecule has 12 heavy (non-hydrogen) atoms. The Kier molecular flexibility index (Phi) is 6.49. The highest BCUT2D eigenvalue weighted by atomic mass is 31.2. The van der Waals surface area contributed by atoms with E-state index in [9.17, 15) is 4.57 Å². The van der Waals surface area contributed by atoms with E-state index in [1.54, 1.807) is 0 Å². The molecule has 0 rings (SSSR count). The van der Waals surface area contributed by atoms with Gasteiger partial charge in [0.1, 0.15) is 0 Å². The van der Waals surface area contributed by atoms with E-state index in [4.69, 9.17) is 17.4 Å². The highest BCUT2D eigenvalue weighted by Crippen LogP contribution is 2.46. The fourth-order valence-corrected chi connectivity index (χ4v) is 1.28. The normalized spacial score (nSPS) is 11.9. The Hall–Kier alpha value is -0.0100. The lowest BCUT2D eigenvalue weighted by Gasteiger charge is -2.13. The molecule has 8 heteroatoms. The van der Waals surface area contributed by atoms with Gasteiger partial charge in [-0.05, 0) is 0 Å². The molecule has 0 aromatic heterocycles. The van der Waals surface area contributed by atoms with Gasteiger partial charge in [0.15, 0.2) is 0 Å². The third-order valence-corrected chi connectivity index (χ3v) is 2.12. The van der Waals surface area contributed by atoms with Gasteiger partial charge in [-0.15, -0.1) is 0 Å². The van der Waals surface area contributed by atoms with Crippen LogP contribution < -0.4 is 17.4 Å². The van der Waals surface area contributed by atoms with Crippen LogP contribution in [-0.2, 0) is 18.2 Å². The Morgan fingerprint density at radius 2 is 1.50 bits per heavy atom. The molecular weight excluding hydrogens is 185 g/mol. The van der Waals surface area contributed by atoms with Crippen LogP contribution in [0.4, 0.5) is 0 Å². The largest absolute Gasteiger partial charge is 0.491 e. The molecule has 6 N–H and O–H groups in total. The number of phosphoric ester groups is 1. The summed E-state index contributed by atoms with van der Waals surface area (Å²) in [6, 6.07) is 0. The molecule has 0 aliphatic heterocycles. The third kappa shape index (κ3) is 4.78. The van der Waals surface area contributed by atoms with Crippen LogP contribution in [0, 0.1) is 0 Å². The molecule has 0 aliphatic rings. The molecule has 0 amide bonds. The predicted octanol–water partition coefficient (Wildman–Crippen LogP) is -1.06. The summed E-state index contributed by atoms with van der Waals surface area (Å²) >= 11 is 0. The van der Waals surface area contributed by atoms with Gasteiger partial charge < -0.3 is 11.5 Å². The summed E-state index contributed by atoms with van der Waals surface area (Å²) in [6.45, 7) is 0.525. The molecule has 0 aromatic rings. The molecule has 0 unspecified atom stereocenters. The van der Waals surface area contributed by atoms with Crippen molar-refractivity contribution in [1.82, 2.24) is 0 Å². The van der Waals surface area contributed by atoms with E-state index in [1.165, 1.54) is 0 Å². The highest BCUT2D eigenvalue weighted by molar-refractivity contribution is 7.48. The van der Waals surface area contributed by atoms with Crippen molar-refractivity contribution in [2.75, 3.05) is 26.3 Å². The zero-order chi connectivity index (χ0) is 9.45. The Labute approximate surface area is 70.7 Å². The smallest absolute Gasteiger partial charge is 0.328 e. The Balaban J connectivity index is 3.79. The van der Waals surface area contributed by atoms with Crippen molar-refractivity contribution < 1.29 is 18.2 Å². The minimum Gasteiger partial charge on any atom is -0.328 e. The molecule has 0 bridgehead atoms. The minimum absolute atomic E-state index is 0.0546. The minimum atomic E-state index is -3.62. The number of phosphoric acid groups is 1. The quantitative estimate of drug-likeness (QED) is 0.352. The molecule has 0 aromatic carbocycles. The Bertz CT molecular complexity index is 143. The van der Waals surface area contributed by atoms with Gasteiger partial charge in [0.2, 0.25) is 0 Å². The van der Waals surface area contributed by atoms with E-state index in [0.717, 1.165) is 0 Å². The lowest BCUT2D eigenvalue weighted by Crippen LogP contribution is -2.14. The summed E-state index contributed by atoms with van der Waals surface area (Å²) in [5.74, 6) is 4.69. The molecule has 0 heterocycles. The van der Waals surface area contributed by atoms with E-state index in [0.29, 0.717) is 0 Å². The van der Waals surface area contributed by atoms with Gasteiger partial charge in [-0.3, -0.25) is 9.05 Å². The predicted molar refractivity (Wildman–Crippen MR) is 42.9 cm³/mol. The lowest BCUT2D eigenvalue weighted by molar-refractivity contribution is 0.118. The monoisotopic (exact) mass is 199 g/mol. The van der Waals surface area contributed by atoms with E-state index in [2.05, 4.69) is 13.7 Å². The van der Waals surface area contributed by atoms with Gasteiger partial charge in [-0.25, -0.2) is 15.1 Å². The topological polar surface area (TPSA) is 123 Å². The van der Waals surface area contributed by atoms with E-state index < -0.39 is 7.82 Å². The van der Waals surface area contributed by atoms with E-state index in [1.807, 2.05) is 0 Å². The Morgan fingerprint density at radius 3 is 1.75 bits per heavy atom. The average molecular weight is 199 g/mol. The SMILES string of the molecule is NCCOP(=O)(ON)OCCN. The highest BCUT2D eigenvalue weighted by Gasteiger charge is 2.24. The standard InChI is InChI=1S/C4H14N3O4P/c5-1-3-9-12(8,11-7)10-4-2-6/h1-7H2. The summed E-state index contributed by atoms with van der Waals surface area (Å²) in [7, 11) is -3.62. The molecule has 0 fully saturated rings. The van der Waals surface area contributed by atoms with Crippen molar-refractivity contribution in [3.8, 4) is 0 Å². The van der Waals surface area contributed by atoms with E-state index >= 15 is 0 Å². The van der Waals surface area contributed by atoms with Crippen LogP contribution >= 0.6 is 7.82 Å². The first-order chi connectivity index (χ1) is 5.68. The molecule has 74 valence electrons. The third-order valence-electron chi connectivity index (χ3n) is 0.864. The maximum absolute atomic E-state index is 11.2. The first-order valence-electron chi connectivity index (χ1n) is 3.36.